The van der Waals surface area contributed by atoms with E-state index in [1.807, 2.05) is 6.07 Å². The lowest BCUT2D eigenvalue weighted by atomic mass is 10.1. The van der Waals surface area contributed by atoms with Gasteiger partial charge in [0.1, 0.15) is 5.75 Å². The highest BCUT2D eigenvalue weighted by Crippen LogP contribution is 2.41. The minimum atomic E-state index is -0.892. The molecular weight excluding hydrogens is 307 g/mol. The molecule has 6 heteroatoms. The molecule has 1 N–H and O–H groups in total. The van der Waals surface area contributed by atoms with Gasteiger partial charge in [0.05, 0.1) is 28.5 Å². The number of carboxylic acid groups (broad SMARTS) is 1. The van der Waals surface area contributed by atoms with Crippen LogP contribution < -0.4 is 4.74 Å². The second kappa shape index (κ2) is 5.82. The Balaban J connectivity index is 2.47. The first-order chi connectivity index (χ1) is 9.02. The molecule has 100 valence electrons. The molecule has 0 bridgehead atoms. The van der Waals surface area contributed by atoms with Gasteiger partial charge in [0.15, 0.2) is 0 Å². The molecule has 0 radical (unpaired) electrons. The van der Waals surface area contributed by atoms with Crippen LogP contribution in [0.4, 0.5) is 0 Å². The number of aliphatic carboxylic acids is 1. The predicted octanol–water partition coefficient (Wildman–Crippen LogP) is 4.36. The van der Waals surface area contributed by atoms with Gasteiger partial charge >= 0.3 is 5.97 Å². The fraction of sp³-hybridized carbons (Fsp3) is 0.154. The third kappa shape index (κ3) is 3.03. The molecule has 19 heavy (non-hydrogen) atoms. The van der Waals surface area contributed by atoms with Crippen molar-refractivity contribution in [1.29, 1.82) is 0 Å². The summed E-state index contributed by atoms with van der Waals surface area (Å²) in [5.41, 5.74) is 1.51. The molecule has 0 aliphatic carbocycles. The molecule has 0 aliphatic heterocycles. The largest absolute Gasteiger partial charge is 0.495 e. The zero-order chi connectivity index (χ0) is 14.0. The van der Waals surface area contributed by atoms with E-state index < -0.39 is 5.97 Å². The zero-order valence-electron chi connectivity index (χ0n) is 9.94. The summed E-state index contributed by atoms with van der Waals surface area (Å²) in [6.45, 7) is 0. The fourth-order valence-corrected chi connectivity index (χ4v) is 3.06. The van der Waals surface area contributed by atoms with Crippen molar-refractivity contribution in [3.05, 3.63) is 39.2 Å². The molecule has 0 amide bonds. The van der Waals surface area contributed by atoms with E-state index >= 15 is 0 Å². The summed E-state index contributed by atoms with van der Waals surface area (Å²) in [5.74, 6) is -0.317. The van der Waals surface area contributed by atoms with Crippen LogP contribution in [0, 0.1) is 0 Å². The topological polar surface area (TPSA) is 46.5 Å². The van der Waals surface area contributed by atoms with Crippen molar-refractivity contribution in [3.63, 3.8) is 0 Å². The smallest absolute Gasteiger partial charge is 0.307 e. The summed E-state index contributed by atoms with van der Waals surface area (Å²) in [6, 6.07) is 5.27. The van der Waals surface area contributed by atoms with Gasteiger partial charge in [0, 0.05) is 5.56 Å². The van der Waals surface area contributed by atoms with Crippen LogP contribution in [-0.2, 0) is 11.2 Å². The molecule has 0 fully saturated rings. The molecular formula is C13H10Cl2O3S. The summed E-state index contributed by atoms with van der Waals surface area (Å²) < 4.78 is 5.31. The Morgan fingerprint density at radius 1 is 1.37 bits per heavy atom. The average Bonchev–Trinajstić information content (AvgIpc) is 2.74. The van der Waals surface area contributed by atoms with Gasteiger partial charge in [0.25, 0.3) is 0 Å². The van der Waals surface area contributed by atoms with Crippen LogP contribution in [0.25, 0.3) is 10.4 Å². The average molecular weight is 317 g/mol. The normalized spacial score (nSPS) is 10.5. The highest BCUT2D eigenvalue weighted by Gasteiger charge is 2.16. The van der Waals surface area contributed by atoms with Gasteiger partial charge in [-0.3, -0.25) is 4.79 Å². The molecule has 0 aliphatic rings. The van der Waals surface area contributed by atoms with Crippen molar-refractivity contribution in [2.45, 2.75) is 6.42 Å². The van der Waals surface area contributed by atoms with Crippen molar-refractivity contribution >= 4 is 40.5 Å². The molecule has 0 spiro atoms. The summed E-state index contributed by atoms with van der Waals surface area (Å²) in [7, 11) is 1.52. The Bertz CT molecular complexity index is 622. The lowest BCUT2D eigenvalue weighted by molar-refractivity contribution is -0.136. The van der Waals surface area contributed by atoms with Crippen molar-refractivity contribution in [2.24, 2.45) is 0 Å². The minimum Gasteiger partial charge on any atom is -0.495 e. The van der Waals surface area contributed by atoms with Gasteiger partial charge in [0.2, 0.25) is 0 Å². The summed E-state index contributed by atoms with van der Waals surface area (Å²) in [6.07, 6.45) is -0.0685. The first kappa shape index (κ1) is 14.2. The van der Waals surface area contributed by atoms with Crippen LogP contribution in [0.15, 0.2) is 23.6 Å². The van der Waals surface area contributed by atoms with E-state index in [1.54, 1.807) is 17.5 Å². The van der Waals surface area contributed by atoms with E-state index in [4.69, 9.17) is 33.0 Å². The van der Waals surface area contributed by atoms with E-state index in [-0.39, 0.29) is 6.42 Å². The third-order valence-corrected chi connectivity index (χ3v) is 4.34. The zero-order valence-corrected chi connectivity index (χ0v) is 12.3. The first-order valence-corrected chi connectivity index (χ1v) is 6.98. The van der Waals surface area contributed by atoms with E-state index in [2.05, 4.69) is 0 Å². The molecule has 0 unspecified atom stereocenters. The second-order valence-electron chi connectivity index (χ2n) is 3.82. The van der Waals surface area contributed by atoms with Crippen LogP contribution >= 0.6 is 34.5 Å². The molecule has 0 saturated heterocycles. The summed E-state index contributed by atoms with van der Waals surface area (Å²) in [5, 5.41) is 11.6. The van der Waals surface area contributed by atoms with E-state index in [0.717, 1.165) is 10.4 Å². The molecule has 0 atom stereocenters. The highest BCUT2D eigenvalue weighted by molar-refractivity contribution is 7.14. The number of ether oxygens (including phenoxy) is 1. The lowest BCUT2D eigenvalue weighted by Crippen LogP contribution is -2.00. The Morgan fingerprint density at radius 2 is 2.11 bits per heavy atom. The van der Waals surface area contributed by atoms with E-state index in [0.29, 0.717) is 21.4 Å². The summed E-state index contributed by atoms with van der Waals surface area (Å²) in [4.78, 5) is 11.6. The Labute approximate surface area is 124 Å². The van der Waals surface area contributed by atoms with Crippen LogP contribution in [0.1, 0.15) is 5.56 Å². The molecule has 1 heterocycles. The van der Waals surface area contributed by atoms with E-state index in [9.17, 15) is 4.79 Å². The van der Waals surface area contributed by atoms with Gasteiger partial charge < -0.3 is 9.84 Å². The number of rotatable bonds is 4. The Kier molecular flexibility index (Phi) is 4.34. The maximum atomic E-state index is 10.8. The predicted molar refractivity (Wildman–Crippen MR) is 77.7 cm³/mol. The van der Waals surface area contributed by atoms with Crippen molar-refractivity contribution in [2.75, 3.05) is 7.11 Å². The van der Waals surface area contributed by atoms with Gasteiger partial charge in [-0.25, -0.2) is 0 Å². The Morgan fingerprint density at radius 3 is 2.68 bits per heavy atom. The molecule has 1 aromatic heterocycles. The number of hydrogen-bond acceptors (Lipinski definition) is 3. The SMILES string of the molecule is COc1c(CC(=O)O)csc1-c1ccc(Cl)c(Cl)c1. The van der Waals surface area contributed by atoms with Crippen LogP contribution in [0.3, 0.4) is 0 Å². The summed E-state index contributed by atoms with van der Waals surface area (Å²) >= 11 is 13.3. The van der Waals surface area contributed by atoms with Gasteiger partial charge in [-0.1, -0.05) is 29.3 Å². The maximum absolute atomic E-state index is 10.8. The molecule has 1 aromatic carbocycles. The van der Waals surface area contributed by atoms with Gasteiger partial charge in [-0.2, -0.15) is 0 Å². The number of benzene rings is 1. The van der Waals surface area contributed by atoms with E-state index in [1.165, 1.54) is 18.4 Å². The van der Waals surface area contributed by atoms with Crippen molar-refractivity contribution in [3.8, 4) is 16.2 Å². The fourth-order valence-electron chi connectivity index (χ4n) is 1.73. The number of carboxylic acids is 1. The number of hydrogen-bond donors (Lipinski definition) is 1. The molecule has 0 saturated carbocycles. The minimum absolute atomic E-state index is 0.0685. The third-order valence-electron chi connectivity index (χ3n) is 2.54. The van der Waals surface area contributed by atoms with Crippen LogP contribution in [0.5, 0.6) is 5.75 Å². The monoisotopic (exact) mass is 316 g/mol. The second-order valence-corrected chi connectivity index (χ2v) is 5.52. The number of carbonyl (C=O) groups is 1. The quantitative estimate of drug-likeness (QED) is 0.911. The van der Waals surface area contributed by atoms with Crippen molar-refractivity contribution < 1.29 is 14.6 Å². The molecule has 2 aromatic rings. The first-order valence-electron chi connectivity index (χ1n) is 5.34. The van der Waals surface area contributed by atoms with Crippen molar-refractivity contribution in [1.82, 2.24) is 0 Å². The lowest BCUT2D eigenvalue weighted by Gasteiger charge is -2.06. The Hall–Kier alpha value is -1.23. The highest BCUT2D eigenvalue weighted by atomic mass is 35.5. The number of methoxy groups -OCH3 is 1. The van der Waals surface area contributed by atoms with Gasteiger partial charge in [-0.05, 0) is 23.1 Å². The standard InChI is InChI=1S/C13H10Cl2O3S/c1-18-12-8(5-11(16)17)6-19-13(12)7-2-3-9(14)10(15)4-7/h2-4,6H,5H2,1H3,(H,16,17). The number of halogens is 2. The van der Waals surface area contributed by atoms with Crippen LogP contribution in [0.2, 0.25) is 10.0 Å². The van der Waals surface area contributed by atoms with Gasteiger partial charge in [-0.15, -0.1) is 11.3 Å². The maximum Gasteiger partial charge on any atom is 0.307 e. The molecule has 2 rings (SSSR count). The number of thiophene rings is 1. The van der Waals surface area contributed by atoms with Crippen LogP contribution in [-0.4, -0.2) is 18.2 Å². The molecule has 3 nitrogen and oxygen atoms in total.